The van der Waals surface area contributed by atoms with Gasteiger partial charge in [0, 0.05) is 18.4 Å². The number of rotatable bonds is 9. The number of carbonyl (C=O) groups is 2. The molecule has 0 unspecified atom stereocenters. The van der Waals surface area contributed by atoms with Crippen LogP contribution in [0.4, 0.5) is 11.5 Å². The number of benzene rings is 1. The molecule has 1 aliphatic rings. The Bertz CT molecular complexity index is 919. The number of nitrogens with zero attached hydrogens (tertiary/aromatic N) is 3. The summed E-state index contributed by atoms with van der Waals surface area (Å²) in [6.45, 7) is 4.45. The molecule has 1 aliphatic carbocycles. The van der Waals surface area contributed by atoms with Crippen LogP contribution in [0.15, 0.2) is 29.6 Å². The van der Waals surface area contributed by atoms with Gasteiger partial charge in [0.25, 0.3) is 0 Å². The molecule has 0 N–H and O–H groups in total. The first-order valence-electron chi connectivity index (χ1n) is 10.2. The molecule has 0 bridgehead atoms. The van der Waals surface area contributed by atoms with Gasteiger partial charge in [-0.15, -0.1) is 0 Å². The monoisotopic (exact) mass is 429 g/mol. The molecular formula is C22H27N3O4S. The van der Waals surface area contributed by atoms with Crippen molar-refractivity contribution >= 4 is 35.2 Å². The van der Waals surface area contributed by atoms with E-state index in [0.29, 0.717) is 24.1 Å². The van der Waals surface area contributed by atoms with Gasteiger partial charge in [-0.1, -0.05) is 17.8 Å². The topological polar surface area (TPSA) is 81.6 Å². The summed E-state index contributed by atoms with van der Waals surface area (Å²) < 4.78 is 10.3. The van der Waals surface area contributed by atoms with Crippen molar-refractivity contribution in [3.05, 3.63) is 41.1 Å². The summed E-state index contributed by atoms with van der Waals surface area (Å²) in [6, 6.07) is 6.27. The van der Waals surface area contributed by atoms with Crippen LogP contribution in [0.2, 0.25) is 0 Å². The number of hydrogen-bond acceptors (Lipinski definition) is 8. The fourth-order valence-corrected chi connectivity index (χ4v) is 3.87. The highest BCUT2D eigenvalue weighted by Gasteiger charge is 2.24. The Labute approximate surface area is 181 Å². The predicted octanol–water partition coefficient (Wildman–Crippen LogP) is 3.96. The molecule has 0 atom stereocenters. The number of hydrogen-bond donors (Lipinski definition) is 0. The highest BCUT2D eigenvalue weighted by atomic mass is 32.2. The van der Waals surface area contributed by atoms with Gasteiger partial charge in [0.05, 0.1) is 19.6 Å². The van der Waals surface area contributed by atoms with Crippen LogP contribution in [0, 0.1) is 0 Å². The fourth-order valence-electron chi connectivity index (χ4n) is 3.53. The number of fused-ring (bicyclic) bond motifs is 1. The van der Waals surface area contributed by atoms with E-state index in [2.05, 4.69) is 22.1 Å². The Kier molecular flexibility index (Phi) is 7.68. The quantitative estimate of drug-likeness (QED) is 0.337. The minimum atomic E-state index is -0.484. The lowest BCUT2D eigenvalue weighted by atomic mass is 10.1. The molecular weight excluding hydrogens is 402 g/mol. The number of ether oxygens (including phenoxy) is 2. The highest BCUT2D eigenvalue weighted by Crippen LogP contribution is 2.33. The van der Waals surface area contributed by atoms with Crippen molar-refractivity contribution in [1.82, 2.24) is 9.97 Å². The van der Waals surface area contributed by atoms with Crippen molar-refractivity contribution < 1.29 is 19.1 Å². The third-order valence-electron chi connectivity index (χ3n) is 4.92. The van der Waals surface area contributed by atoms with E-state index >= 15 is 0 Å². The van der Waals surface area contributed by atoms with Gasteiger partial charge in [0.2, 0.25) is 0 Å². The molecule has 0 saturated carbocycles. The number of aryl methyl sites for hydroxylation is 2. The molecule has 3 rings (SSSR count). The Morgan fingerprint density at radius 3 is 2.63 bits per heavy atom. The third-order valence-corrected chi connectivity index (χ3v) is 5.48. The number of thioether (sulfide) groups is 1. The molecule has 30 heavy (non-hydrogen) atoms. The van der Waals surface area contributed by atoms with Crippen molar-refractivity contribution in [3.8, 4) is 0 Å². The molecule has 160 valence electrons. The Balaban J connectivity index is 2.04. The first-order valence-corrected chi connectivity index (χ1v) is 11.4. The zero-order chi connectivity index (χ0) is 21.5. The summed E-state index contributed by atoms with van der Waals surface area (Å²) in [5.74, 6) is -0.335. The molecule has 0 spiro atoms. The van der Waals surface area contributed by atoms with Gasteiger partial charge in [-0.25, -0.2) is 14.8 Å². The maximum Gasteiger partial charge on any atom is 0.343 e. The second-order valence-corrected chi connectivity index (χ2v) is 7.60. The van der Waals surface area contributed by atoms with Gasteiger partial charge in [-0.2, -0.15) is 0 Å². The fraction of sp³-hybridized carbons (Fsp3) is 0.455. The van der Waals surface area contributed by atoms with Gasteiger partial charge in [0.1, 0.15) is 5.56 Å². The average Bonchev–Trinajstić information content (AvgIpc) is 3.22. The Morgan fingerprint density at radius 1 is 1.13 bits per heavy atom. The van der Waals surface area contributed by atoms with E-state index < -0.39 is 5.97 Å². The van der Waals surface area contributed by atoms with Crippen LogP contribution in [0.1, 0.15) is 48.2 Å². The van der Waals surface area contributed by atoms with Gasteiger partial charge in [-0.3, -0.25) is 4.79 Å². The van der Waals surface area contributed by atoms with Crippen LogP contribution < -0.4 is 4.90 Å². The molecule has 0 aliphatic heterocycles. The first kappa shape index (κ1) is 22.1. The summed E-state index contributed by atoms with van der Waals surface area (Å²) in [6.07, 6.45) is 6.79. The van der Waals surface area contributed by atoms with Crippen LogP contribution >= 0.6 is 11.8 Å². The van der Waals surface area contributed by atoms with Crippen LogP contribution in [-0.2, 0) is 27.1 Å². The Hall–Kier alpha value is -2.61. The van der Waals surface area contributed by atoms with Crippen LogP contribution in [0.3, 0.4) is 0 Å². The summed E-state index contributed by atoms with van der Waals surface area (Å²) in [7, 11) is 0. The van der Waals surface area contributed by atoms with E-state index in [4.69, 9.17) is 9.47 Å². The normalized spacial score (nSPS) is 12.4. The lowest BCUT2D eigenvalue weighted by molar-refractivity contribution is -0.142. The van der Waals surface area contributed by atoms with E-state index in [1.807, 2.05) is 17.2 Å². The summed E-state index contributed by atoms with van der Waals surface area (Å²) in [5, 5.41) is 0.542. The standard InChI is InChI=1S/C22H27N3O4S/c1-4-28-19(26)11-12-25(17-10-9-15-7-6-8-16(15)13-17)20-18(21(27)29-5-2)14-23-22(24-20)30-3/h9-10,13-14H,4-8,11-12H2,1-3H3. The molecule has 1 aromatic heterocycles. The van der Waals surface area contributed by atoms with Crippen molar-refractivity contribution in [3.63, 3.8) is 0 Å². The number of carbonyl (C=O) groups excluding carboxylic acids is 2. The maximum atomic E-state index is 12.6. The third kappa shape index (κ3) is 5.11. The number of aromatic nitrogens is 2. The second-order valence-electron chi connectivity index (χ2n) is 6.83. The first-order chi connectivity index (χ1) is 14.6. The molecule has 2 aromatic rings. The van der Waals surface area contributed by atoms with Crippen molar-refractivity contribution in [2.75, 3.05) is 30.9 Å². The second kappa shape index (κ2) is 10.4. The summed E-state index contributed by atoms with van der Waals surface area (Å²) >= 11 is 1.39. The average molecular weight is 430 g/mol. The lowest BCUT2D eigenvalue weighted by Gasteiger charge is -2.26. The number of anilines is 2. The van der Waals surface area contributed by atoms with Gasteiger partial charge >= 0.3 is 11.9 Å². The molecule has 7 nitrogen and oxygen atoms in total. The van der Waals surface area contributed by atoms with Crippen LogP contribution in [-0.4, -0.2) is 47.9 Å². The molecule has 0 radical (unpaired) electrons. The summed E-state index contributed by atoms with van der Waals surface area (Å²) in [5.41, 5.74) is 3.81. The molecule has 0 fully saturated rings. The van der Waals surface area contributed by atoms with Gasteiger partial charge < -0.3 is 14.4 Å². The summed E-state index contributed by atoms with van der Waals surface area (Å²) in [4.78, 5) is 35.4. The van der Waals surface area contributed by atoms with Crippen LogP contribution in [0.5, 0.6) is 0 Å². The van der Waals surface area contributed by atoms with Gasteiger partial charge in [0.15, 0.2) is 11.0 Å². The SMILES string of the molecule is CCOC(=O)CCN(c1ccc2c(c1)CCC2)c1nc(SC)ncc1C(=O)OCC. The number of esters is 2. The maximum absolute atomic E-state index is 12.6. The van der Waals surface area contributed by atoms with E-state index in [1.54, 1.807) is 13.8 Å². The van der Waals surface area contributed by atoms with Crippen molar-refractivity contribution in [2.24, 2.45) is 0 Å². The smallest absolute Gasteiger partial charge is 0.343 e. The zero-order valence-electron chi connectivity index (χ0n) is 17.6. The predicted molar refractivity (Wildman–Crippen MR) is 116 cm³/mol. The van der Waals surface area contributed by atoms with E-state index in [-0.39, 0.29) is 24.6 Å². The Morgan fingerprint density at radius 2 is 1.90 bits per heavy atom. The van der Waals surface area contributed by atoms with Crippen molar-refractivity contribution in [2.45, 2.75) is 44.7 Å². The van der Waals surface area contributed by atoms with E-state index in [1.165, 1.54) is 29.1 Å². The van der Waals surface area contributed by atoms with E-state index in [0.717, 1.165) is 24.9 Å². The zero-order valence-corrected chi connectivity index (χ0v) is 18.5. The molecule has 8 heteroatoms. The van der Waals surface area contributed by atoms with Crippen LogP contribution in [0.25, 0.3) is 0 Å². The van der Waals surface area contributed by atoms with Gasteiger partial charge in [-0.05, 0) is 62.6 Å². The molecule has 1 heterocycles. The minimum Gasteiger partial charge on any atom is -0.466 e. The molecule has 0 amide bonds. The van der Waals surface area contributed by atoms with Crippen molar-refractivity contribution in [1.29, 1.82) is 0 Å². The highest BCUT2D eigenvalue weighted by molar-refractivity contribution is 7.98. The molecule has 1 aromatic carbocycles. The minimum absolute atomic E-state index is 0.172. The lowest BCUT2D eigenvalue weighted by Crippen LogP contribution is -2.26. The largest absolute Gasteiger partial charge is 0.466 e. The molecule has 0 saturated heterocycles. The van der Waals surface area contributed by atoms with E-state index in [9.17, 15) is 9.59 Å².